The van der Waals surface area contributed by atoms with Gasteiger partial charge >= 0.3 is 0 Å². The van der Waals surface area contributed by atoms with Crippen molar-refractivity contribution in [1.82, 2.24) is 15.1 Å². The number of anilines is 1. The van der Waals surface area contributed by atoms with E-state index in [2.05, 4.69) is 15.7 Å². The van der Waals surface area contributed by atoms with Crippen LogP contribution in [-0.4, -0.2) is 34.2 Å². The van der Waals surface area contributed by atoms with Gasteiger partial charge in [0.15, 0.2) is 6.61 Å². The fourth-order valence-electron chi connectivity index (χ4n) is 2.35. The minimum atomic E-state index is -0.193. The van der Waals surface area contributed by atoms with Gasteiger partial charge in [-0.05, 0) is 37.6 Å². The molecule has 1 atom stereocenters. The summed E-state index contributed by atoms with van der Waals surface area (Å²) in [6, 6.07) is 6.88. The van der Waals surface area contributed by atoms with Crippen LogP contribution < -0.4 is 15.4 Å². The molecule has 1 aromatic heterocycles. The molecule has 0 fully saturated rings. The summed E-state index contributed by atoms with van der Waals surface area (Å²) in [6.07, 6.45) is 4.41. The van der Waals surface area contributed by atoms with Crippen LogP contribution >= 0.6 is 0 Å². The second kappa shape index (κ2) is 6.51. The Bertz CT molecular complexity index is 712. The van der Waals surface area contributed by atoms with E-state index >= 15 is 0 Å². The van der Waals surface area contributed by atoms with Crippen LogP contribution in [0.15, 0.2) is 36.7 Å². The standard InChI is InChI=1S/C16H18N4O3/c1-11(5-8-20-7-2-6-17-20)18-16(22)12-3-4-13-14(9-12)23-10-15(21)19-13/h2-4,6-7,9,11H,5,8,10H2,1H3,(H,18,22)(H,19,21)/t11-/m0/s1. The molecule has 0 spiro atoms. The molecule has 23 heavy (non-hydrogen) atoms. The zero-order valence-corrected chi connectivity index (χ0v) is 12.8. The zero-order chi connectivity index (χ0) is 16.2. The molecule has 0 bridgehead atoms. The number of carbonyl (C=O) groups is 2. The highest BCUT2D eigenvalue weighted by Gasteiger charge is 2.18. The van der Waals surface area contributed by atoms with E-state index in [0.717, 1.165) is 13.0 Å². The quantitative estimate of drug-likeness (QED) is 0.874. The number of nitrogens with zero attached hydrogens (tertiary/aromatic N) is 2. The van der Waals surface area contributed by atoms with Crippen molar-refractivity contribution in [1.29, 1.82) is 0 Å². The average Bonchev–Trinajstić information content (AvgIpc) is 3.05. The van der Waals surface area contributed by atoms with E-state index in [1.54, 1.807) is 24.4 Å². The molecule has 2 aromatic rings. The minimum absolute atomic E-state index is 0.0170. The summed E-state index contributed by atoms with van der Waals surface area (Å²) >= 11 is 0. The maximum Gasteiger partial charge on any atom is 0.262 e. The van der Waals surface area contributed by atoms with E-state index in [0.29, 0.717) is 17.0 Å². The molecule has 2 amide bonds. The van der Waals surface area contributed by atoms with Gasteiger partial charge in [0.05, 0.1) is 5.69 Å². The van der Waals surface area contributed by atoms with Gasteiger partial charge in [-0.1, -0.05) is 0 Å². The lowest BCUT2D eigenvalue weighted by Crippen LogP contribution is -2.33. The molecule has 2 heterocycles. The van der Waals surface area contributed by atoms with Gasteiger partial charge in [0.25, 0.3) is 11.8 Å². The first kappa shape index (κ1) is 15.1. The predicted octanol–water partition coefficient (Wildman–Crippen LogP) is 1.42. The maximum atomic E-state index is 12.3. The Morgan fingerprint density at radius 1 is 1.52 bits per heavy atom. The molecule has 7 nitrogen and oxygen atoms in total. The van der Waals surface area contributed by atoms with Crippen LogP contribution in [0.25, 0.3) is 0 Å². The number of nitrogens with one attached hydrogen (secondary N) is 2. The van der Waals surface area contributed by atoms with E-state index in [9.17, 15) is 9.59 Å². The van der Waals surface area contributed by atoms with Crippen molar-refractivity contribution in [3.8, 4) is 5.75 Å². The summed E-state index contributed by atoms with van der Waals surface area (Å²) in [4.78, 5) is 23.5. The zero-order valence-electron chi connectivity index (χ0n) is 12.8. The fourth-order valence-corrected chi connectivity index (χ4v) is 2.35. The molecule has 0 saturated heterocycles. The lowest BCUT2D eigenvalue weighted by molar-refractivity contribution is -0.118. The van der Waals surface area contributed by atoms with Crippen LogP contribution in [0.5, 0.6) is 5.75 Å². The lowest BCUT2D eigenvalue weighted by Gasteiger charge is -2.19. The molecule has 1 aliphatic rings. The Kier molecular flexibility index (Phi) is 4.27. The van der Waals surface area contributed by atoms with Gasteiger partial charge in [-0.25, -0.2) is 0 Å². The molecule has 2 N–H and O–H groups in total. The third-order valence-electron chi connectivity index (χ3n) is 3.60. The van der Waals surface area contributed by atoms with Crippen molar-refractivity contribution in [3.63, 3.8) is 0 Å². The highest BCUT2D eigenvalue weighted by atomic mass is 16.5. The number of rotatable bonds is 5. The summed E-state index contributed by atoms with van der Waals surface area (Å²) in [5, 5.41) is 9.78. The molecular formula is C16H18N4O3. The lowest BCUT2D eigenvalue weighted by atomic mass is 10.1. The van der Waals surface area contributed by atoms with Gasteiger partial charge in [0.1, 0.15) is 5.75 Å². The Balaban J connectivity index is 1.58. The third-order valence-corrected chi connectivity index (χ3v) is 3.60. The Hall–Kier alpha value is -2.83. The fraction of sp³-hybridized carbons (Fsp3) is 0.312. The SMILES string of the molecule is C[C@@H](CCn1cccn1)NC(=O)c1ccc2c(c1)OCC(=O)N2. The minimum Gasteiger partial charge on any atom is -0.482 e. The van der Waals surface area contributed by atoms with Crippen molar-refractivity contribution in [2.75, 3.05) is 11.9 Å². The number of amides is 2. The predicted molar refractivity (Wildman–Crippen MR) is 84.3 cm³/mol. The molecule has 0 saturated carbocycles. The summed E-state index contributed by atoms with van der Waals surface area (Å²) in [7, 11) is 0. The molecule has 0 unspecified atom stereocenters. The molecule has 120 valence electrons. The van der Waals surface area contributed by atoms with Crippen molar-refractivity contribution in [3.05, 3.63) is 42.2 Å². The molecule has 1 aromatic carbocycles. The average molecular weight is 314 g/mol. The molecular weight excluding hydrogens is 296 g/mol. The summed E-state index contributed by atoms with van der Waals surface area (Å²) in [5.74, 6) is 0.157. The maximum absolute atomic E-state index is 12.3. The molecule has 7 heteroatoms. The number of ether oxygens (including phenoxy) is 1. The van der Waals surface area contributed by atoms with Gasteiger partial charge < -0.3 is 15.4 Å². The van der Waals surface area contributed by atoms with Crippen LogP contribution in [0.1, 0.15) is 23.7 Å². The number of hydrogen-bond acceptors (Lipinski definition) is 4. The van der Waals surface area contributed by atoms with E-state index in [1.807, 2.05) is 23.9 Å². The highest BCUT2D eigenvalue weighted by molar-refractivity contribution is 5.99. The second-order valence-electron chi connectivity index (χ2n) is 5.48. The normalized spacial score (nSPS) is 14.4. The first-order valence-corrected chi connectivity index (χ1v) is 7.47. The monoisotopic (exact) mass is 314 g/mol. The number of aromatic nitrogens is 2. The number of fused-ring (bicyclic) bond motifs is 1. The Labute approximate surface area is 133 Å². The largest absolute Gasteiger partial charge is 0.482 e. The van der Waals surface area contributed by atoms with Crippen molar-refractivity contribution >= 4 is 17.5 Å². The highest BCUT2D eigenvalue weighted by Crippen LogP contribution is 2.28. The van der Waals surface area contributed by atoms with Gasteiger partial charge in [0, 0.05) is 30.5 Å². The molecule has 3 rings (SSSR count). The van der Waals surface area contributed by atoms with Crippen LogP contribution in [0.4, 0.5) is 5.69 Å². The third kappa shape index (κ3) is 3.68. The van der Waals surface area contributed by atoms with Crippen LogP contribution in [0.3, 0.4) is 0 Å². The first-order chi connectivity index (χ1) is 11.1. The van der Waals surface area contributed by atoms with Crippen molar-refractivity contribution < 1.29 is 14.3 Å². The summed E-state index contributed by atoms with van der Waals surface area (Å²) in [5.41, 5.74) is 1.09. The van der Waals surface area contributed by atoms with Crippen molar-refractivity contribution in [2.45, 2.75) is 25.9 Å². The van der Waals surface area contributed by atoms with Gasteiger partial charge in [0.2, 0.25) is 0 Å². The Morgan fingerprint density at radius 3 is 3.17 bits per heavy atom. The molecule has 0 radical (unpaired) electrons. The van der Waals surface area contributed by atoms with E-state index in [1.165, 1.54) is 0 Å². The van der Waals surface area contributed by atoms with Crippen LogP contribution in [0.2, 0.25) is 0 Å². The first-order valence-electron chi connectivity index (χ1n) is 7.47. The number of aryl methyl sites for hydroxylation is 1. The topological polar surface area (TPSA) is 85.2 Å². The molecule has 1 aliphatic heterocycles. The molecule has 0 aliphatic carbocycles. The second-order valence-corrected chi connectivity index (χ2v) is 5.48. The number of benzene rings is 1. The smallest absolute Gasteiger partial charge is 0.262 e. The Morgan fingerprint density at radius 2 is 2.39 bits per heavy atom. The van der Waals surface area contributed by atoms with Gasteiger partial charge in [-0.2, -0.15) is 5.10 Å². The van der Waals surface area contributed by atoms with Gasteiger partial charge in [-0.15, -0.1) is 0 Å². The van der Waals surface area contributed by atoms with Crippen molar-refractivity contribution in [2.24, 2.45) is 0 Å². The number of carbonyl (C=O) groups excluding carboxylic acids is 2. The summed E-state index contributed by atoms with van der Waals surface area (Å²) in [6.45, 7) is 2.67. The summed E-state index contributed by atoms with van der Waals surface area (Å²) < 4.78 is 7.16. The van der Waals surface area contributed by atoms with Crippen LogP contribution in [0, 0.1) is 0 Å². The van der Waals surface area contributed by atoms with E-state index < -0.39 is 0 Å². The van der Waals surface area contributed by atoms with E-state index in [-0.39, 0.29) is 24.5 Å². The van der Waals surface area contributed by atoms with Crippen LogP contribution in [-0.2, 0) is 11.3 Å². The van der Waals surface area contributed by atoms with E-state index in [4.69, 9.17) is 4.74 Å². The van der Waals surface area contributed by atoms with Gasteiger partial charge in [-0.3, -0.25) is 14.3 Å². The number of hydrogen-bond donors (Lipinski definition) is 2.